The fourth-order valence-electron chi connectivity index (χ4n) is 3.30. The minimum Gasteiger partial charge on any atom is -0.484 e. The van der Waals surface area contributed by atoms with E-state index in [1.54, 1.807) is 42.6 Å². The van der Waals surface area contributed by atoms with Crippen molar-refractivity contribution in [3.63, 3.8) is 0 Å². The van der Waals surface area contributed by atoms with E-state index >= 15 is 0 Å². The lowest BCUT2D eigenvalue weighted by molar-refractivity contribution is 0.0919. The number of morpholine rings is 1. The van der Waals surface area contributed by atoms with Gasteiger partial charge in [0.2, 0.25) is 0 Å². The fraction of sp³-hybridized carbons (Fsp3) is 0.261. The Labute approximate surface area is 180 Å². The number of nitrogens with zero attached hydrogens (tertiary/aromatic N) is 3. The molecule has 3 heterocycles. The second kappa shape index (κ2) is 9.78. The molecule has 0 unspecified atom stereocenters. The Bertz CT molecular complexity index is 1080. The van der Waals surface area contributed by atoms with Crippen LogP contribution in [0, 0.1) is 11.3 Å². The molecule has 0 atom stereocenters. The van der Waals surface area contributed by atoms with Gasteiger partial charge < -0.3 is 24.1 Å². The number of nitriles is 1. The van der Waals surface area contributed by atoms with E-state index in [4.69, 9.17) is 19.2 Å². The number of para-hydroxylation sites is 1. The highest BCUT2D eigenvalue weighted by atomic mass is 16.5. The largest absolute Gasteiger partial charge is 0.484 e. The van der Waals surface area contributed by atoms with E-state index in [1.165, 1.54) is 0 Å². The van der Waals surface area contributed by atoms with Gasteiger partial charge in [-0.25, -0.2) is 4.98 Å². The van der Waals surface area contributed by atoms with Crippen LogP contribution >= 0.6 is 0 Å². The Morgan fingerprint density at radius 2 is 2.00 bits per heavy atom. The van der Waals surface area contributed by atoms with Crippen molar-refractivity contribution in [3.8, 4) is 11.8 Å². The van der Waals surface area contributed by atoms with Gasteiger partial charge in [-0.15, -0.1) is 0 Å². The number of furan rings is 1. The second-order valence-corrected chi connectivity index (χ2v) is 6.93. The van der Waals surface area contributed by atoms with Crippen LogP contribution in [0.15, 0.2) is 59.1 Å². The van der Waals surface area contributed by atoms with Gasteiger partial charge in [0.25, 0.3) is 5.91 Å². The van der Waals surface area contributed by atoms with Crippen LogP contribution in [-0.2, 0) is 17.9 Å². The topological polar surface area (TPSA) is 101 Å². The normalized spacial score (nSPS) is 13.5. The Hall–Kier alpha value is -3.83. The first-order valence-corrected chi connectivity index (χ1v) is 10.00. The summed E-state index contributed by atoms with van der Waals surface area (Å²) in [5.74, 6) is 1.70. The number of amides is 1. The number of anilines is 1. The maximum atomic E-state index is 12.6. The molecule has 1 aliphatic heterocycles. The first kappa shape index (κ1) is 20.4. The predicted molar refractivity (Wildman–Crippen MR) is 113 cm³/mol. The summed E-state index contributed by atoms with van der Waals surface area (Å²) in [6.45, 7) is 3.33. The lowest BCUT2D eigenvalue weighted by Gasteiger charge is -2.29. The van der Waals surface area contributed by atoms with E-state index in [2.05, 4.69) is 21.3 Å². The summed E-state index contributed by atoms with van der Waals surface area (Å²) in [6, 6.07) is 16.1. The summed E-state index contributed by atoms with van der Waals surface area (Å²) in [6.07, 6.45) is 1.75. The van der Waals surface area contributed by atoms with Crippen molar-refractivity contribution >= 4 is 11.7 Å². The van der Waals surface area contributed by atoms with Crippen molar-refractivity contribution in [2.24, 2.45) is 0 Å². The zero-order valence-corrected chi connectivity index (χ0v) is 16.9. The van der Waals surface area contributed by atoms with Crippen molar-refractivity contribution in [2.75, 3.05) is 31.2 Å². The van der Waals surface area contributed by atoms with Crippen LogP contribution in [0.25, 0.3) is 0 Å². The van der Waals surface area contributed by atoms with Crippen molar-refractivity contribution in [1.29, 1.82) is 5.26 Å². The van der Waals surface area contributed by atoms with Gasteiger partial charge in [0.15, 0.2) is 5.76 Å². The molecule has 8 nitrogen and oxygen atoms in total. The first-order valence-electron chi connectivity index (χ1n) is 10.00. The maximum absolute atomic E-state index is 12.6. The van der Waals surface area contributed by atoms with E-state index in [0.717, 1.165) is 24.5 Å². The van der Waals surface area contributed by atoms with E-state index in [1.807, 2.05) is 12.1 Å². The molecule has 2 aromatic heterocycles. The molecule has 1 amide bonds. The zero-order valence-electron chi connectivity index (χ0n) is 16.9. The molecule has 0 bridgehead atoms. The highest BCUT2D eigenvalue weighted by molar-refractivity contribution is 5.91. The SMILES string of the molecule is N#Cc1ccccc1OCc1ccc(C(=O)NCc2cccnc2N2CCOCC2)o1. The van der Waals surface area contributed by atoms with E-state index in [9.17, 15) is 4.79 Å². The summed E-state index contributed by atoms with van der Waals surface area (Å²) >= 11 is 0. The third-order valence-corrected chi connectivity index (χ3v) is 4.88. The van der Waals surface area contributed by atoms with Crippen molar-refractivity contribution < 1.29 is 18.7 Å². The number of benzene rings is 1. The third-order valence-electron chi connectivity index (χ3n) is 4.88. The number of carbonyl (C=O) groups excluding carboxylic acids is 1. The van der Waals surface area contributed by atoms with Gasteiger partial charge in [-0.3, -0.25) is 4.79 Å². The molecule has 4 rings (SSSR count). The first-order chi connectivity index (χ1) is 15.2. The van der Waals surface area contributed by atoms with Crippen LogP contribution in [0.1, 0.15) is 27.4 Å². The molecule has 1 fully saturated rings. The molecule has 1 aliphatic rings. The molecule has 158 valence electrons. The van der Waals surface area contributed by atoms with Crippen LogP contribution in [0.4, 0.5) is 5.82 Å². The number of carbonyl (C=O) groups is 1. The van der Waals surface area contributed by atoms with E-state index in [0.29, 0.717) is 36.8 Å². The summed E-state index contributed by atoms with van der Waals surface area (Å²) in [5, 5.41) is 12.0. The highest BCUT2D eigenvalue weighted by Crippen LogP contribution is 2.20. The minimum absolute atomic E-state index is 0.121. The molecule has 0 spiro atoms. The number of ether oxygens (including phenoxy) is 2. The lowest BCUT2D eigenvalue weighted by Crippen LogP contribution is -2.37. The van der Waals surface area contributed by atoms with Crippen LogP contribution < -0.4 is 15.0 Å². The Kier molecular flexibility index (Phi) is 6.45. The molecular formula is C23H22N4O4. The van der Waals surface area contributed by atoms with Gasteiger partial charge in [0.05, 0.1) is 18.8 Å². The minimum atomic E-state index is -0.319. The van der Waals surface area contributed by atoms with Crippen molar-refractivity contribution in [3.05, 3.63) is 77.4 Å². The zero-order chi connectivity index (χ0) is 21.5. The average molecular weight is 418 g/mol. The molecule has 0 radical (unpaired) electrons. The quantitative estimate of drug-likeness (QED) is 0.630. The summed E-state index contributed by atoms with van der Waals surface area (Å²) in [5.41, 5.74) is 1.38. The predicted octanol–water partition coefficient (Wildman–Crippen LogP) is 2.89. The summed E-state index contributed by atoms with van der Waals surface area (Å²) in [7, 11) is 0. The molecule has 3 aromatic rings. The molecule has 1 aromatic carbocycles. The van der Waals surface area contributed by atoms with E-state index in [-0.39, 0.29) is 18.3 Å². The smallest absolute Gasteiger partial charge is 0.287 e. The van der Waals surface area contributed by atoms with Crippen LogP contribution in [0.2, 0.25) is 0 Å². The number of aromatic nitrogens is 1. The average Bonchev–Trinajstić information content (AvgIpc) is 3.31. The maximum Gasteiger partial charge on any atom is 0.287 e. The van der Waals surface area contributed by atoms with Crippen LogP contribution in [-0.4, -0.2) is 37.2 Å². The molecule has 0 saturated carbocycles. The standard InChI is InChI=1S/C23H22N4O4/c24-14-17-4-1-2-6-20(17)30-16-19-7-8-21(31-19)23(28)26-15-18-5-3-9-25-22(18)27-10-12-29-13-11-27/h1-9H,10-13,15-16H2,(H,26,28). The summed E-state index contributed by atoms with van der Waals surface area (Å²) < 4.78 is 16.7. The van der Waals surface area contributed by atoms with Gasteiger partial charge >= 0.3 is 0 Å². The molecule has 31 heavy (non-hydrogen) atoms. The lowest BCUT2D eigenvalue weighted by atomic mass is 10.2. The number of hydrogen-bond donors (Lipinski definition) is 1. The monoisotopic (exact) mass is 418 g/mol. The second-order valence-electron chi connectivity index (χ2n) is 6.93. The number of nitrogens with one attached hydrogen (secondary N) is 1. The number of rotatable bonds is 7. The third kappa shape index (κ3) is 5.02. The summed E-state index contributed by atoms with van der Waals surface area (Å²) in [4.78, 5) is 19.2. The number of hydrogen-bond acceptors (Lipinski definition) is 7. The Balaban J connectivity index is 1.35. The molecular weight excluding hydrogens is 396 g/mol. The van der Waals surface area contributed by atoms with Gasteiger partial charge in [0.1, 0.15) is 30.0 Å². The van der Waals surface area contributed by atoms with Crippen molar-refractivity contribution in [1.82, 2.24) is 10.3 Å². The van der Waals surface area contributed by atoms with Crippen LogP contribution in [0.3, 0.4) is 0 Å². The van der Waals surface area contributed by atoms with Gasteiger partial charge in [0, 0.05) is 31.4 Å². The Morgan fingerprint density at radius 3 is 2.84 bits per heavy atom. The van der Waals surface area contributed by atoms with Gasteiger partial charge in [-0.05, 0) is 30.3 Å². The fourth-order valence-corrected chi connectivity index (χ4v) is 3.30. The number of pyridine rings is 1. The molecule has 0 aliphatic carbocycles. The van der Waals surface area contributed by atoms with E-state index < -0.39 is 0 Å². The van der Waals surface area contributed by atoms with Crippen molar-refractivity contribution in [2.45, 2.75) is 13.2 Å². The molecule has 8 heteroatoms. The molecule has 1 saturated heterocycles. The highest BCUT2D eigenvalue weighted by Gasteiger charge is 2.17. The Morgan fingerprint density at radius 1 is 1.16 bits per heavy atom. The van der Waals surface area contributed by atoms with Crippen LogP contribution in [0.5, 0.6) is 5.75 Å². The van der Waals surface area contributed by atoms with Gasteiger partial charge in [-0.1, -0.05) is 18.2 Å². The van der Waals surface area contributed by atoms with Gasteiger partial charge in [-0.2, -0.15) is 5.26 Å². The molecule has 1 N–H and O–H groups in total.